The Morgan fingerprint density at radius 2 is 1.82 bits per heavy atom. The number of carbonyl (C=O) groups excluding carboxylic acids is 1. The minimum atomic E-state index is 0.0949. The number of methoxy groups -OCH3 is 1. The quantitative estimate of drug-likeness (QED) is 0.845. The van der Waals surface area contributed by atoms with E-state index in [0.29, 0.717) is 13.0 Å². The zero-order valence-corrected chi connectivity index (χ0v) is 13.2. The lowest BCUT2D eigenvalue weighted by Crippen LogP contribution is -2.24. The molecule has 22 heavy (non-hydrogen) atoms. The maximum Gasteiger partial charge on any atom is 0.219 e. The topological polar surface area (TPSA) is 38.3 Å². The Labute approximate surface area is 132 Å². The highest BCUT2D eigenvalue weighted by molar-refractivity contribution is 5.75. The zero-order chi connectivity index (χ0) is 15.8. The molecule has 1 amide bonds. The molecule has 0 radical (unpaired) electrons. The molecule has 0 bridgehead atoms. The molecule has 0 aliphatic carbocycles. The molecule has 1 unspecified atom stereocenters. The van der Waals surface area contributed by atoms with Crippen LogP contribution in [0.25, 0.3) is 0 Å². The Hall–Kier alpha value is -2.29. The van der Waals surface area contributed by atoms with Crippen molar-refractivity contribution < 1.29 is 9.53 Å². The Bertz CT molecular complexity index is 595. The van der Waals surface area contributed by atoms with Crippen LogP contribution >= 0.6 is 0 Å². The van der Waals surface area contributed by atoms with Gasteiger partial charge in [-0.05, 0) is 29.7 Å². The lowest BCUT2D eigenvalue weighted by atomic mass is 9.88. The van der Waals surface area contributed by atoms with E-state index in [2.05, 4.69) is 29.6 Å². The number of hydrogen-bond acceptors (Lipinski definition) is 2. The van der Waals surface area contributed by atoms with Gasteiger partial charge in [0.15, 0.2) is 0 Å². The average molecular weight is 297 g/mol. The summed E-state index contributed by atoms with van der Waals surface area (Å²) >= 11 is 0. The predicted octanol–water partition coefficient (Wildman–Crippen LogP) is 3.74. The molecule has 1 atom stereocenters. The van der Waals surface area contributed by atoms with Crippen molar-refractivity contribution in [3.8, 4) is 5.75 Å². The van der Waals surface area contributed by atoms with E-state index in [1.165, 1.54) is 11.1 Å². The number of nitrogens with one attached hydrogen (secondary N) is 1. The molecule has 3 heteroatoms. The lowest BCUT2D eigenvalue weighted by molar-refractivity contribution is -0.120. The summed E-state index contributed by atoms with van der Waals surface area (Å²) in [7, 11) is 1.68. The molecule has 2 aromatic rings. The van der Waals surface area contributed by atoms with Gasteiger partial charge in [0.1, 0.15) is 5.75 Å². The van der Waals surface area contributed by atoms with Gasteiger partial charge in [-0.3, -0.25) is 4.79 Å². The van der Waals surface area contributed by atoms with Gasteiger partial charge < -0.3 is 10.1 Å². The molecule has 2 rings (SSSR count). The van der Waals surface area contributed by atoms with Crippen molar-refractivity contribution >= 4 is 5.91 Å². The number of rotatable bonds is 7. The van der Waals surface area contributed by atoms with Crippen molar-refractivity contribution in [2.24, 2.45) is 0 Å². The van der Waals surface area contributed by atoms with Crippen LogP contribution in [0.4, 0.5) is 0 Å². The third-order valence-electron chi connectivity index (χ3n) is 3.77. The Balaban J connectivity index is 2.19. The van der Waals surface area contributed by atoms with E-state index in [1.807, 2.05) is 37.3 Å². The minimum absolute atomic E-state index is 0.0949. The molecule has 116 valence electrons. The molecule has 0 aromatic heterocycles. The van der Waals surface area contributed by atoms with E-state index in [1.54, 1.807) is 7.11 Å². The molecular weight excluding hydrogens is 274 g/mol. The first kappa shape index (κ1) is 16.1. The number of amides is 1. The first-order chi connectivity index (χ1) is 10.7. The SMILES string of the molecule is CCC(=O)NCCC(c1ccccc1)c1cccc(OC)c1. The predicted molar refractivity (Wildman–Crippen MR) is 89.2 cm³/mol. The maximum absolute atomic E-state index is 11.4. The number of benzene rings is 2. The lowest BCUT2D eigenvalue weighted by Gasteiger charge is -2.19. The van der Waals surface area contributed by atoms with Crippen LogP contribution < -0.4 is 10.1 Å². The zero-order valence-electron chi connectivity index (χ0n) is 13.2. The van der Waals surface area contributed by atoms with Crippen molar-refractivity contribution in [2.45, 2.75) is 25.7 Å². The van der Waals surface area contributed by atoms with Crippen LogP contribution in [0.2, 0.25) is 0 Å². The fourth-order valence-corrected chi connectivity index (χ4v) is 2.55. The molecule has 0 aliphatic heterocycles. The first-order valence-corrected chi connectivity index (χ1v) is 7.70. The van der Waals surface area contributed by atoms with E-state index < -0.39 is 0 Å². The van der Waals surface area contributed by atoms with Gasteiger partial charge in [-0.15, -0.1) is 0 Å². The number of ether oxygens (including phenoxy) is 1. The molecular formula is C19H23NO2. The summed E-state index contributed by atoms with van der Waals surface area (Å²) in [4.78, 5) is 11.4. The van der Waals surface area contributed by atoms with E-state index in [9.17, 15) is 4.79 Å². The van der Waals surface area contributed by atoms with Crippen LogP contribution in [-0.4, -0.2) is 19.6 Å². The van der Waals surface area contributed by atoms with Gasteiger partial charge >= 0.3 is 0 Å². The van der Waals surface area contributed by atoms with Crippen molar-refractivity contribution in [3.63, 3.8) is 0 Å². The summed E-state index contributed by atoms with van der Waals surface area (Å²) < 4.78 is 5.33. The highest BCUT2D eigenvalue weighted by Gasteiger charge is 2.14. The summed E-state index contributed by atoms with van der Waals surface area (Å²) in [6.07, 6.45) is 1.39. The molecule has 1 N–H and O–H groups in total. The Kier molecular flexibility index (Phi) is 6.01. The molecule has 0 saturated heterocycles. The second-order valence-corrected chi connectivity index (χ2v) is 5.23. The summed E-state index contributed by atoms with van der Waals surface area (Å²) in [5, 5.41) is 2.96. The van der Waals surface area contributed by atoms with Gasteiger partial charge in [0.05, 0.1) is 7.11 Å². The molecule has 3 nitrogen and oxygen atoms in total. The summed E-state index contributed by atoms with van der Waals surface area (Å²) in [6.45, 7) is 2.54. The average Bonchev–Trinajstić information content (AvgIpc) is 2.59. The van der Waals surface area contributed by atoms with Gasteiger partial charge in [-0.25, -0.2) is 0 Å². The van der Waals surface area contributed by atoms with Gasteiger partial charge in [0.2, 0.25) is 5.91 Å². The fourth-order valence-electron chi connectivity index (χ4n) is 2.55. The third kappa shape index (κ3) is 4.35. The molecule has 0 spiro atoms. The second-order valence-electron chi connectivity index (χ2n) is 5.23. The molecule has 0 fully saturated rings. The third-order valence-corrected chi connectivity index (χ3v) is 3.77. The summed E-state index contributed by atoms with van der Waals surface area (Å²) in [5.41, 5.74) is 2.46. The first-order valence-electron chi connectivity index (χ1n) is 7.70. The highest BCUT2D eigenvalue weighted by Crippen LogP contribution is 2.29. The molecule has 0 saturated carbocycles. The molecule has 0 aliphatic rings. The standard InChI is InChI=1S/C19H23NO2/c1-3-19(21)20-13-12-18(15-8-5-4-6-9-15)16-10-7-11-17(14-16)22-2/h4-11,14,18H,3,12-13H2,1-2H3,(H,20,21). The van der Waals surface area contributed by atoms with Crippen molar-refractivity contribution in [1.82, 2.24) is 5.32 Å². The van der Waals surface area contributed by atoms with E-state index in [0.717, 1.165) is 12.2 Å². The Morgan fingerprint density at radius 1 is 1.09 bits per heavy atom. The van der Waals surface area contributed by atoms with Crippen LogP contribution in [-0.2, 0) is 4.79 Å². The van der Waals surface area contributed by atoms with E-state index in [-0.39, 0.29) is 11.8 Å². The van der Waals surface area contributed by atoms with Gasteiger partial charge in [-0.1, -0.05) is 49.4 Å². The van der Waals surface area contributed by atoms with Crippen LogP contribution in [0.15, 0.2) is 54.6 Å². The normalized spacial score (nSPS) is 11.7. The van der Waals surface area contributed by atoms with Crippen molar-refractivity contribution in [3.05, 3.63) is 65.7 Å². The van der Waals surface area contributed by atoms with Crippen LogP contribution in [0.1, 0.15) is 36.8 Å². The minimum Gasteiger partial charge on any atom is -0.497 e. The van der Waals surface area contributed by atoms with E-state index in [4.69, 9.17) is 4.74 Å². The maximum atomic E-state index is 11.4. The molecule has 0 heterocycles. The number of hydrogen-bond donors (Lipinski definition) is 1. The van der Waals surface area contributed by atoms with Crippen LogP contribution in [0.5, 0.6) is 5.75 Å². The smallest absolute Gasteiger partial charge is 0.219 e. The van der Waals surface area contributed by atoms with Crippen molar-refractivity contribution in [1.29, 1.82) is 0 Å². The van der Waals surface area contributed by atoms with Crippen LogP contribution in [0, 0.1) is 0 Å². The van der Waals surface area contributed by atoms with Gasteiger partial charge in [0, 0.05) is 18.9 Å². The van der Waals surface area contributed by atoms with Crippen LogP contribution in [0.3, 0.4) is 0 Å². The van der Waals surface area contributed by atoms with Crippen molar-refractivity contribution in [2.75, 3.05) is 13.7 Å². The van der Waals surface area contributed by atoms with E-state index >= 15 is 0 Å². The Morgan fingerprint density at radius 3 is 2.50 bits per heavy atom. The van der Waals surface area contributed by atoms with Gasteiger partial charge in [-0.2, -0.15) is 0 Å². The summed E-state index contributed by atoms with van der Waals surface area (Å²) in [5.74, 6) is 1.20. The summed E-state index contributed by atoms with van der Waals surface area (Å²) in [6, 6.07) is 18.5. The van der Waals surface area contributed by atoms with Gasteiger partial charge in [0.25, 0.3) is 0 Å². The molecule has 2 aromatic carbocycles. The monoisotopic (exact) mass is 297 g/mol. The second kappa shape index (κ2) is 8.23. The highest BCUT2D eigenvalue weighted by atomic mass is 16.5. The number of carbonyl (C=O) groups is 1. The fraction of sp³-hybridized carbons (Fsp3) is 0.316. The largest absolute Gasteiger partial charge is 0.497 e.